The van der Waals surface area contributed by atoms with Gasteiger partial charge in [0.1, 0.15) is 5.56 Å². The Morgan fingerprint density at radius 1 is 0.871 bits per heavy atom. The van der Waals surface area contributed by atoms with Crippen LogP contribution in [0.4, 0.5) is 5.95 Å². The summed E-state index contributed by atoms with van der Waals surface area (Å²) < 4.78 is 0. The Balaban J connectivity index is 0.000000334. The molecule has 4 N–H and O–H groups in total. The molecule has 162 valence electrons. The summed E-state index contributed by atoms with van der Waals surface area (Å²) in [5, 5.41) is 21.4. The van der Waals surface area contributed by atoms with Gasteiger partial charge in [-0.1, -0.05) is 42.5 Å². The van der Waals surface area contributed by atoms with Gasteiger partial charge in [0.2, 0.25) is 5.95 Å². The van der Waals surface area contributed by atoms with Crippen LogP contribution in [0.3, 0.4) is 0 Å². The number of aromatic carboxylic acids is 1. The fourth-order valence-corrected chi connectivity index (χ4v) is 3.79. The molecule has 0 radical (unpaired) electrons. The topological polar surface area (TPSA) is 102 Å². The number of anilines is 1. The predicted octanol–water partition coefficient (Wildman–Crippen LogP) is 1.58. The summed E-state index contributed by atoms with van der Waals surface area (Å²) in [6, 6.07) is 13.8. The van der Waals surface area contributed by atoms with Crippen LogP contribution in [0, 0.1) is 0 Å². The second kappa shape index (κ2) is 10.3. The highest BCUT2D eigenvalue weighted by Gasteiger charge is 2.20. The molecular formula is C23H28N6O2. The first kappa shape index (κ1) is 21.2. The average molecular weight is 421 g/mol. The van der Waals surface area contributed by atoms with Gasteiger partial charge in [-0.2, -0.15) is 0 Å². The number of rotatable bonds is 3. The molecule has 1 aromatic heterocycles. The normalized spacial score (nSPS) is 16.5. The minimum Gasteiger partial charge on any atom is -0.478 e. The standard InChI is InChI=1S/C19H18N4O2.C4H10N2/c24-18(25)16-12-21-19(23-10-8-20-9-11-23)22-17(16)15-7-3-5-13-4-1-2-6-14(13)15;1-2-6-4-3-5-1/h1-7,12,20H,8-11H2,(H,24,25);5-6H,1-4H2. The molecule has 0 amide bonds. The molecule has 2 aromatic carbocycles. The van der Waals surface area contributed by atoms with Crippen molar-refractivity contribution in [2.75, 3.05) is 57.3 Å². The van der Waals surface area contributed by atoms with Crippen molar-refractivity contribution in [1.29, 1.82) is 0 Å². The molecule has 0 aliphatic carbocycles. The lowest BCUT2D eigenvalue weighted by Crippen LogP contribution is -2.44. The maximum absolute atomic E-state index is 11.7. The summed E-state index contributed by atoms with van der Waals surface area (Å²) >= 11 is 0. The predicted molar refractivity (Wildman–Crippen MR) is 123 cm³/mol. The Morgan fingerprint density at radius 2 is 1.52 bits per heavy atom. The number of fused-ring (bicyclic) bond motifs is 1. The van der Waals surface area contributed by atoms with E-state index in [1.165, 1.54) is 6.20 Å². The number of carboxylic acids is 1. The molecule has 31 heavy (non-hydrogen) atoms. The van der Waals surface area contributed by atoms with E-state index in [2.05, 4.69) is 30.8 Å². The van der Waals surface area contributed by atoms with Gasteiger partial charge < -0.3 is 26.0 Å². The maximum atomic E-state index is 11.7. The Morgan fingerprint density at radius 3 is 2.19 bits per heavy atom. The summed E-state index contributed by atoms with van der Waals surface area (Å²) in [5.74, 6) is -0.441. The molecule has 2 aliphatic heterocycles. The van der Waals surface area contributed by atoms with Crippen LogP contribution in [0.25, 0.3) is 22.0 Å². The van der Waals surface area contributed by atoms with Crippen LogP contribution in [0.15, 0.2) is 48.7 Å². The highest BCUT2D eigenvalue weighted by Crippen LogP contribution is 2.30. The van der Waals surface area contributed by atoms with Gasteiger partial charge in [-0.15, -0.1) is 0 Å². The summed E-state index contributed by atoms with van der Waals surface area (Å²) in [6.45, 7) is 7.91. The SMILES string of the molecule is C1CNCCN1.O=C(O)c1cnc(N2CCNCC2)nc1-c1cccc2ccccc12. The third-order valence-corrected chi connectivity index (χ3v) is 5.41. The van der Waals surface area contributed by atoms with Gasteiger partial charge in [0.15, 0.2) is 0 Å². The first-order valence-corrected chi connectivity index (χ1v) is 10.7. The van der Waals surface area contributed by atoms with Gasteiger partial charge in [0.05, 0.1) is 5.69 Å². The van der Waals surface area contributed by atoms with Crippen molar-refractivity contribution < 1.29 is 9.90 Å². The summed E-state index contributed by atoms with van der Waals surface area (Å²) in [5.41, 5.74) is 1.40. The molecule has 0 bridgehead atoms. The van der Waals surface area contributed by atoms with Gasteiger partial charge in [0, 0.05) is 64.1 Å². The fraction of sp³-hybridized carbons (Fsp3) is 0.348. The highest BCUT2D eigenvalue weighted by atomic mass is 16.4. The van der Waals surface area contributed by atoms with E-state index in [0.29, 0.717) is 11.6 Å². The third kappa shape index (κ3) is 5.16. The van der Waals surface area contributed by atoms with Crippen molar-refractivity contribution in [2.45, 2.75) is 0 Å². The van der Waals surface area contributed by atoms with E-state index >= 15 is 0 Å². The van der Waals surface area contributed by atoms with E-state index < -0.39 is 5.97 Å². The quantitative estimate of drug-likeness (QED) is 0.507. The smallest absolute Gasteiger partial charge is 0.339 e. The zero-order valence-electron chi connectivity index (χ0n) is 17.5. The van der Waals surface area contributed by atoms with E-state index in [0.717, 1.165) is 68.7 Å². The van der Waals surface area contributed by atoms with Crippen LogP contribution in [-0.2, 0) is 0 Å². The summed E-state index contributed by atoms with van der Waals surface area (Å²) in [4.78, 5) is 22.7. The van der Waals surface area contributed by atoms with Crippen LogP contribution in [0.5, 0.6) is 0 Å². The molecule has 0 saturated carbocycles. The van der Waals surface area contributed by atoms with Gasteiger partial charge in [-0.25, -0.2) is 14.8 Å². The van der Waals surface area contributed by atoms with Crippen LogP contribution >= 0.6 is 0 Å². The Kier molecular flexibility index (Phi) is 7.03. The Hall–Kier alpha value is -3.07. The molecular weight excluding hydrogens is 392 g/mol. The summed E-state index contributed by atoms with van der Waals surface area (Å²) in [7, 11) is 0. The first-order valence-electron chi connectivity index (χ1n) is 10.7. The Bertz CT molecular complexity index is 1010. The van der Waals surface area contributed by atoms with Crippen LogP contribution in [0.2, 0.25) is 0 Å². The second-order valence-electron chi connectivity index (χ2n) is 7.50. The van der Waals surface area contributed by atoms with E-state index in [9.17, 15) is 9.90 Å². The number of hydrogen-bond donors (Lipinski definition) is 4. The molecule has 0 spiro atoms. The van der Waals surface area contributed by atoms with Crippen molar-refractivity contribution in [3.05, 3.63) is 54.2 Å². The molecule has 8 nitrogen and oxygen atoms in total. The summed E-state index contributed by atoms with van der Waals surface area (Å²) in [6.07, 6.45) is 1.42. The molecule has 0 unspecified atom stereocenters. The number of piperazine rings is 2. The van der Waals surface area contributed by atoms with Gasteiger partial charge >= 0.3 is 5.97 Å². The monoisotopic (exact) mass is 420 g/mol. The second-order valence-corrected chi connectivity index (χ2v) is 7.50. The number of nitrogens with zero attached hydrogens (tertiary/aromatic N) is 3. The lowest BCUT2D eigenvalue weighted by Gasteiger charge is -2.27. The van der Waals surface area contributed by atoms with Crippen LogP contribution in [-0.4, -0.2) is 73.4 Å². The molecule has 2 aliphatic rings. The molecule has 0 atom stereocenters. The number of hydrogen-bond acceptors (Lipinski definition) is 7. The lowest BCUT2D eigenvalue weighted by molar-refractivity contribution is 0.0697. The number of carboxylic acid groups (broad SMARTS) is 1. The molecule has 3 heterocycles. The highest BCUT2D eigenvalue weighted by molar-refractivity contribution is 6.02. The van der Waals surface area contributed by atoms with Crippen molar-refractivity contribution in [3.63, 3.8) is 0 Å². The third-order valence-electron chi connectivity index (χ3n) is 5.41. The number of aromatic nitrogens is 2. The number of carbonyl (C=O) groups is 1. The van der Waals surface area contributed by atoms with Gasteiger partial charge in [0.25, 0.3) is 0 Å². The molecule has 3 aromatic rings. The molecule has 2 fully saturated rings. The molecule has 2 saturated heterocycles. The van der Waals surface area contributed by atoms with E-state index in [1.807, 2.05) is 42.5 Å². The zero-order valence-corrected chi connectivity index (χ0v) is 17.5. The Labute approximate surface area is 181 Å². The minimum atomic E-state index is -1.02. The molecule has 8 heteroatoms. The van der Waals surface area contributed by atoms with E-state index in [-0.39, 0.29) is 5.56 Å². The molecule has 5 rings (SSSR count). The largest absolute Gasteiger partial charge is 0.478 e. The van der Waals surface area contributed by atoms with Crippen molar-refractivity contribution in [2.24, 2.45) is 0 Å². The van der Waals surface area contributed by atoms with Crippen molar-refractivity contribution in [3.8, 4) is 11.3 Å². The number of nitrogens with one attached hydrogen (secondary N) is 3. The first-order chi connectivity index (χ1) is 15.2. The maximum Gasteiger partial charge on any atom is 0.339 e. The van der Waals surface area contributed by atoms with Crippen molar-refractivity contribution in [1.82, 2.24) is 25.9 Å². The van der Waals surface area contributed by atoms with E-state index in [1.54, 1.807) is 0 Å². The zero-order chi connectivity index (χ0) is 21.5. The van der Waals surface area contributed by atoms with Gasteiger partial charge in [-0.3, -0.25) is 0 Å². The van der Waals surface area contributed by atoms with Gasteiger partial charge in [-0.05, 0) is 10.8 Å². The van der Waals surface area contributed by atoms with Crippen LogP contribution < -0.4 is 20.9 Å². The van der Waals surface area contributed by atoms with E-state index in [4.69, 9.17) is 0 Å². The minimum absolute atomic E-state index is 0.121. The lowest BCUT2D eigenvalue weighted by atomic mass is 9.99. The fourth-order valence-electron chi connectivity index (χ4n) is 3.79. The van der Waals surface area contributed by atoms with Crippen molar-refractivity contribution >= 4 is 22.7 Å². The number of benzene rings is 2. The van der Waals surface area contributed by atoms with Crippen LogP contribution in [0.1, 0.15) is 10.4 Å². The average Bonchev–Trinajstić information content (AvgIpc) is 2.85.